The molecule has 3 aliphatic rings. The summed E-state index contributed by atoms with van der Waals surface area (Å²) in [6.07, 6.45) is 2.84. The Kier molecular flexibility index (Phi) is 3.85. The number of fused-ring (bicyclic) bond motifs is 4. The summed E-state index contributed by atoms with van der Waals surface area (Å²) in [6, 6.07) is 14.2. The van der Waals surface area contributed by atoms with Crippen LogP contribution in [0.2, 0.25) is 0 Å². The number of anilines is 2. The van der Waals surface area contributed by atoms with Gasteiger partial charge in [-0.05, 0) is 62.9 Å². The number of hydrogen-bond acceptors (Lipinski definition) is 3. The van der Waals surface area contributed by atoms with Gasteiger partial charge in [-0.15, -0.1) is 0 Å². The first-order valence-corrected chi connectivity index (χ1v) is 10.1. The minimum absolute atomic E-state index is 0.0563. The molecule has 0 bridgehead atoms. The van der Waals surface area contributed by atoms with Gasteiger partial charge in [0.05, 0.1) is 5.92 Å². The molecule has 2 saturated heterocycles. The predicted molar refractivity (Wildman–Crippen MR) is 109 cm³/mol. The Hall–Kier alpha value is -2.66. The molecule has 144 valence electrons. The van der Waals surface area contributed by atoms with Crippen molar-refractivity contribution in [3.63, 3.8) is 0 Å². The smallest absolute Gasteiger partial charge is 0.250 e. The maximum Gasteiger partial charge on any atom is 0.250 e. The number of carbonyl (C=O) groups is 2. The number of benzene rings is 2. The molecule has 3 unspecified atom stereocenters. The predicted octanol–water partition coefficient (Wildman–Crippen LogP) is 3.57. The quantitative estimate of drug-likeness (QED) is 0.844. The first-order valence-electron chi connectivity index (χ1n) is 10.1. The van der Waals surface area contributed by atoms with Gasteiger partial charge >= 0.3 is 0 Å². The fraction of sp³-hybridized carbons (Fsp3) is 0.391. The molecule has 0 saturated carbocycles. The van der Waals surface area contributed by atoms with E-state index in [1.165, 1.54) is 0 Å². The Bertz CT molecular complexity index is 986. The lowest BCUT2D eigenvalue weighted by molar-refractivity contribution is -0.135. The molecular weight excluding hydrogens is 350 g/mol. The van der Waals surface area contributed by atoms with E-state index in [2.05, 4.69) is 15.5 Å². The average molecular weight is 375 g/mol. The fourth-order valence-corrected chi connectivity index (χ4v) is 5.47. The molecule has 0 aromatic heterocycles. The summed E-state index contributed by atoms with van der Waals surface area (Å²) in [4.78, 5) is 29.2. The Balaban J connectivity index is 1.58. The number of hydrogen-bond donors (Lipinski definition) is 2. The second-order valence-electron chi connectivity index (χ2n) is 8.35. The molecule has 2 fully saturated rings. The van der Waals surface area contributed by atoms with Crippen molar-refractivity contribution in [2.45, 2.75) is 44.7 Å². The van der Waals surface area contributed by atoms with E-state index >= 15 is 0 Å². The van der Waals surface area contributed by atoms with Crippen LogP contribution in [0.25, 0.3) is 0 Å². The number of aryl methyl sites for hydroxylation is 2. The highest BCUT2D eigenvalue weighted by Crippen LogP contribution is 2.55. The minimum atomic E-state index is -0.889. The lowest BCUT2D eigenvalue weighted by Gasteiger charge is -2.36. The third-order valence-corrected chi connectivity index (χ3v) is 6.74. The van der Waals surface area contributed by atoms with E-state index in [9.17, 15) is 9.59 Å². The van der Waals surface area contributed by atoms with E-state index < -0.39 is 11.5 Å². The van der Waals surface area contributed by atoms with Gasteiger partial charge in [0.1, 0.15) is 5.54 Å². The molecule has 2 aromatic carbocycles. The first-order chi connectivity index (χ1) is 13.5. The van der Waals surface area contributed by atoms with E-state index in [0.717, 1.165) is 53.9 Å². The highest BCUT2D eigenvalue weighted by Gasteiger charge is 2.65. The van der Waals surface area contributed by atoms with Gasteiger partial charge in [0.25, 0.3) is 0 Å². The zero-order valence-corrected chi connectivity index (χ0v) is 16.3. The average Bonchev–Trinajstić information content (AvgIpc) is 3.33. The second-order valence-corrected chi connectivity index (χ2v) is 8.35. The molecule has 3 heterocycles. The summed E-state index contributed by atoms with van der Waals surface area (Å²) >= 11 is 0. The second kappa shape index (κ2) is 6.17. The fourth-order valence-electron chi connectivity index (χ4n) is 5.47. The van der Waals surface area contributed by atoms with Crippen LogP contribution in [0.15, 0.2) is 42.5 Å². The molecule has 0 radical (unpaired) electrons. The Morgan fingerprint density at radius 1 is 1.21 bits per heavy atom. The van der Waals surface area contributed by atoms with E-state index in [0.29, 0.717) is 0 Å². The molecule has 5 heteroatoms. The van der Waals surface area contributed by atoms with Crippen molar-refractivity contribution in [3.05, 3.63) is 59.2 Å². The van der Waals surface area contributed by atoms with Crippen LogP contribution in [-0.4, -0.2) is 29.3 Å². The van der Waals surface area contributed by atoms with E-state index in [-0.39, 0.29) is 17.9 Å². The summed E-state index contributed by atoms with van der Waals surface area (Å²) in [5.41, 5.74) is 3.86. The van der Waals surface area contributed by atoms with Gasteiger partial charge in [-0.1, -0.05) is 30.3 Å². The number of rotatable bonds is 2. The Morgan fingerprint density at radius 2 is 2.04 bits per heavy atom. The first kappa shape index (κ1) is 17.4. The molecule has 1 spiro atoms. The van der Waals surface area contributed by atoms with Crippen molar-refractivity contribution >= 4 is 23.2 Å². The van der Waals surface area contributed by atoms with Gasteiger partial charge in [-0.3, -0.25) is 14.5 Å². The Morgan fingerprint density at radius 3 is 2.89 bits per heavy atom. The van der Waals surface area contributed by atoms with Crippen LogP contribution < -0.4 is 10.6 Å². The molecular formula is C23H25N3O2. The molecule has 3 atom stereocenters. The van der Waals surface area contributed by atoms with Crippen LogP contribution in [0.5, 0.6) is 0 Å². The summed E-state index contributed by atoms with van der Waals surface area (Å²) < 4.78 is 0. The Labute approximate surface area is 165 Å². The number of nitrogens with one attached hydrogen (secondary N) is 2. The SMILES string of the molecule is Cc1ccc(C)c(NC(=O)C2CC3CCCN3C23C(=O)Nc2ccccc23)c1. The van der Waals surface area contributed by atoms with Gasteiger partial charge in [0.15, 0.2) is 0 Å². The lowest BCUT2D eigenvalue weighted by atomic mass is 9.78. The largest absolute Gasteiger partial charge is 0.326 e. The molecule has 2 N–H and O–H groups in total. The van der Waals surface area contributed by atoms with Crippen LogP contribution >= 0.6 is 0 Å². The third-order valence-electron chi connectivity index (χ3n) is 6.74. The van der Waals surface area contributed by atoms with Crippen molar-refractivity contribution in [3.8, 4) is 0 Å². The standard InChI is InChI=1S/C23H25N3O2/c1-14-9-10-15(2)20(12-14)24-21(27)18-13-16-6-5-11-26(16)23(18)17-7-3-4-8-19(17)25-22(23)28/h3-4,7-10,12,16,18H,5-6,11,13H2,1-2H3,(H,24,27)(H,25,28). The third kappa shape index (κ3) is 2.29. The van der Waals surface area contributed by atoms with Gasteiger partial charge in [0.2, 0.25) is 11.8 Å². The van der Waals surface area contributed by atoms with Crippen LogP contribution in [0.1, 0.15) is 36.0 Å². The van der Waals surface area contributed by atoms with Crippen molar-refractivity contribution in [1.29, 1.82) is 0 Å². The molecule has 5 rings (SSSR count). The molecule has 28 heavy (non-hydrogen) atoms. The normalized spacial score (nSPS) is 28.3. The van der Waals surface area contributed by atoms with Gasteiger partial charge in [0, 0.05) is 23.0 Å². The molecule has 2 amide bonds. The summed E-state index contributed by atoms with van der Waals surface area (Å²) in [5.74, 6) is -0.518. The minimum Gasteiger partial charge on any atom is -0.326 e. The number of nitrogens with zero attached hydrogens (tertiary/aromatic N) is 1. The molecule has 2 aromatic rings. The van der Waals surface area contributed by atoms with E-state index in [1.54, 1.807) is 0 Å². The van der Waals surface area contributed by atoms with Gasteiger partial charge < -0.3 is 10.6 Å². The van der Waals surface area contributed by atoms with Crippen LogP contribution in [0.4, 0.5) is 11.4 Å². The van der Waals surface area contributed by atoms with Crippen molar-refractivity contribution < 1.29 is 9.59 Å². The maximum atomic E-state index is 13.5. The highest BCUT2D eigenvalue weighted by atomic mass is 16.2. The lowest BCUT2D eigenvalue weighted by Crippen LogP contribution is -2.53. The van der Waals surface area contributed by atoms with Crippen LogP contribution in [0.3, 0.4) is 0 Å². The maximum absolute atomic E-state index is 13.5. The monoisotopic (exact) mass is 375 g/mol. The zero-order chi connectivity index (χ0) is 19.5. The summed E-state index contributed by atoms with van der Waals surface area (Å²) in [6.45, 7) is 4.87. The van der Waals surface area contributed by atoms with Crippen LogP contribution in [0, 0.1) is 19.8 Å². The zero-order valence-electron chi connectivity index (χ0n) is 16.3. The topological polar surface area (TPSA) is 61.4 Å². The van der Waals surface area contributed by atoms with Gasteiger partial charge in [-0.2, -0.15) is 0 Å². The number of amides is 2. The summed E-state index contributed by atoms with van der Waals surface area (Å²) in [7, 11) is 0. The van der Waals surface area contributed by atoms with Crippen molar-refractivity contribution in [2.75, 3.05) is 17.2 Å². The highest BCUT2D eigenvalue weighted by molar-refractivity contribution is 6.10. The number of carbonyl (C=O) groups excluding carboxylic acids is 2. The van der Waals surface area contributed by atoms with Crippen molar-refractivity contribution in [1.82, 2.24) is 4.90 Å². The summed E-state index contributed by atoms with van der Waals surface area (Å²) in [5, 5.41) is 6.19. The van der Waals surface area contributed by atoms with Crippen molar-refractivity contribution in [2.24, 2.45) is 5.92 Å². The van der Waals surface area contributed by atoms with E-state index in [4.69, 9.17) is 0 Å². The van der Waals surface area contributed by atoms with Crippen LogP contribution in [-0.2, 0) is 15.1 Å². The van der Waals surface area contributed by atoms with E-state index in [1.807, 2.05) is 56.3 Å². The molecule has 5 nitrogen and oxygen atoms in total. The number of para-hydroxylation sites is 1. The molecule has 0 aliphatic carbocycles. The molecule has 3 aliphatic heterocycles. The van der Waals surface area contributed by atoms with Gasteiger partial charge in [-0.25, -0.2) is 0 Å².